The molecule has 0 saturated carbocycles. The van der Waals surface area contributed by atoms with Gasteiger partial charge in [0.25, 0.3) is 0 Å². The average molecular weight is 381 g/mol. The van der Waals surface area contributed by atoms with E-state index in [0.29, 0.717) is 6.54 Å². The Morgan fingerprint density at radius 3 is 2.14 bits per heavy atom. The third-order valence-electron chi connectivity index (χ3n) is 5.33. The molecule has 5 nitrogen and oxygen atoms in total. The summed E-state index contributed by atoms with van der Waals surface area (Å²) in [5.41, 5.74) is 11.9. The van der Waals surface area contributed by atoms with Crippen LogP contribution in [0, 0.1) is 0 Å². The van der Waals surface area contributed by atoms with Gasteiger partial charge in [-0.25, -0.2) is 0 Å². The van der Waals surface area contributed by atoms with Gasteiger partial charge in [0, 0.05) is 17.0 Å². The van der Waals surface area contributed by atoms with E-state index in [-0.39, 0.29) is 6.04 Å². The smallest absolute Gasteiger partial charge is 0.132 e. The van der Waals surface area contributed by atoms with E-state index in [9.17, 15) is 0 Å². The lowest BCUT2D eigenvalue weighted by molar-refractivity contribution is 0.243. The summed E-state index contributed by atoms with van der Waals surface area (Å²) in [6, 6.07) is 31.0. The number of benzene rings is 3. The molecule has 144 valence electrons. The molecule has 29 heavy (non-hydrogen) atoms. The molecule has 2 unspecified atom stereocenters. The second-order valence-corrected chi connectivity index (χ2v) is 7.47. The molecule has 1 aliphatic rings. The standard InChI is InChI=1S/C24H23N5/c1-24(18-26-28-25)22(20-13-7-3-8-14-20)29(17-19-11-5-2-6-12-19)23(27-24)21-15-9-4-10-16-21/h2-16,22H,17-18H2,1H3. The van der Waals surface area contributed by atoms with E-state index in [1.54, 1.807) is 0 Å². The number of nitrogens with zero attached hydrogens (tertiary/aromatic N) is 5. The number of hydrogen-bond donors (Lipinski definition) is 0. The highest BCUT2D eigenvalue weighted by Crippen LogP contribution is 2.42. The van der Waals surface area contributed by atoms with Crippen molar-refractivity contribution in [2.45, 2.75) is 25.0 Å². The van der Waals surface area contributed by atoms with Crippen LogP contribution in [0.5, 0.6) is 0 Å². The van der Waals surface area contributed by atoms with Crippen molar-refractivity contribution in [3.8, 4) is 0 Å². The molecule has 3 aromatic rings. The molecule has 2 atom stereocenters. The summed E-state index contributed by atoms with van der Waals surface area (Å²) in [6.07, 6.45) is 0. The molecule has 0 amide bonds. The van der Waals surface area contributed by atoms with Crippen LogP contribution in [-0.4, -0.2) is 22.8 Å². The molecular weight excluding hydrogens is 358 g/mol. The fraction of sp³-hybridized carbons (Fsp3) is 0.208. The Bertz CT molecular complexity index is 1030. The largest absolute Gasteiger partial charge is 0.343 e. The third-order valence-corrected chi connectivity index (χ3v) is 5.33. The van der Waals surface area contributed by atoms with Crippen molar-refractivity contribution < 1.29 is 0 Å². The number of rotatable bonds is 6. The Morgan fingerprint density at radius 1 is 0.931 bits per heavy atom. The molecule has 0 aromatic heterocycles. The Kier molecular flexibility index (Phi) is 5.32. The molecule has 1 aliphatic heterocycles. The first-order valence-electron chi connectivity index (χ1n) is 9.73. The van der Waals surface area contributed by atoms with E-state index in [1.807, 2.05) is 42.5 Å². The first-order chi connectivity index (χ1) is 14.2. The second-order valence-electron chi connectivity index (χ2n) is 7.47. The zero-order valence-corrected chi connectivity index (χ0v) is 16.4. The summed E-state index contributed by atoms with van der Waals surface area (Å²) in [7, 11) is 0. The molecule has 0 radical (unpaired) electrons. The van der Waals surface area contributed by atoms with E-state index < -0.39 is 5.54 Å². The predicted octanol–water partition coefficient (Wildman–Crippen LogP) is 5.76. The lowest BCUT2D eigenvalue weighted by Crippen LogP contribution is -2.40. The minimum Gasteiger partial charge on any atom is -0.343 e. The maximum Gasteiger partial charge on any atom is 0.132 e. The third kappa shape index (κ3) is 3.86. The Hall–Kier alpha value is -3.56. The predicted molar refractivity (Wildman–Crippen MR) is 117 cm³/mol. The van der Waals surface area contributed by atoms with Crippen LogP contribution < -0.4 is 0 Å². The monoisotopic (exact) mass is 381 g/mol. The number of amidine groups is 1. The highest BCUT2D eigenvalue weighted by molar-refractivity contribution is 6.00. The van der Waals surface area contributed by atoms with Crippen LogP contribution in [0.4, 0.5) is 0 Å². The van der Waals surface area contributed by atoms with Crippen molar-refractivity contribution in [1.82, 2.24) is 4.90 Å². The Balaban J connectivity index is 1.85. The fourth-order valence-electron chi connectivity index (χ4n) is 4.06. The van der Waals surface area contributed by atoms with Gasteiger partial charge in [-0.2, -0.15) is 0 Å². The molecule has 0 saturated heterocycles. The summed E-state index contributed by atoms with van der Waals surface area (Å²) in [6.45, 7) is 3.10. The van der Waals surface area contributed by atoms with Gasteiger partial charge in [-0.3, -0.25) is 4.99 Å². The quantitative estimate of drug-likeness (QED) is 0.304. The minimum atomic E-state index is -0.562. The molecular formula is C24H23N5. The average Bonchev–Trinajstić information content (AvgIpc) is 3.06. The Labute approximate surface area is 171 Å². The summed E-state index contributed by atoms with van der Waals surface area (Å²) in [4.78, 5) is 10.5. The van der Waals surface area contributed by atoms with Crippen molar-refractivity contribution in [2.24, 2.45) is 10.1 Å². The molecule has 4 rings (SSSR count). The van der Waals surface area contributed by atoms with Crippen molar-refractivity contribution in [3.63, 3.8) is 0 Å². The highest BCUT2D eigenvalue weighted by Gasteiger charge is 2.46. The summed E-state index contributed by atoms with van der Waals surface area (Å²) in [5, 5.41) is 3.92. The Morgan fingerprint density at radius 2 is 1.52 bits per heavy atom. The van der Waals surface area contributed by atoms with Gasteiger partial charge in [-0.15, -0.1) is 0 Å². The molecule has 0 fully saturated rings. The number of azide groups is 1. The van der Waals surface area contributed by atoms with E-state index in [1.165, 1.54) is 5.56 Å². The van der Waals surface area contributed by atoms with Gasteiger partial charge < -0.3 is 4.90 Å². The van der Waals surface area contributed by atoms with E-state index in [2.05, 4.69) is 70.4 Å². The highest BCUT2D eigenvalue weighted by atomic mass is 15.3. The number of aliphatic imine (C=N–C) groups is 1. The van der Waals surface area contributed by atoms with Crippen LogP contribution in [0.15, 0.2) is 101 Å². The van der Waals surface area contributed by atoms with Gasteiger partial charge in [0.15, 0.2) is 0 Å². The van der Waals surface area contributed by atoms with Gasteiger partial charge in [-0.05, 0) is 23.6 Å². The van der Waals surface area contributed by atoms with Crippen LogP contribution in [0.1, 0.15) is 29.7 Å². The van der Waals surface area contributed by atoms with Gasteiger partial charge in [0.1, 0.15) is 5.84 Å². The van der Waals surface area contributed by atoms with Gasteiger partial charge in [-0.1, -0.05) is 96.1 Å². The summed E-state index contributed by atoms with van der Waals surface area (Å²) >= 11 is 0. The van der Waals surface area contributed by atoms with Crippen molar-refractivity contribution in [1.29, 1.82) is 0 Å². The zero-order chi connectivity index (χ0) is 20.1. The lowest BCUT2D eigenvalue weighted by atomic mass is 9.87. The van der Waals surface area contributed by atoms with Crippen molar-refractivity contribution in [2.75, 3.05) is 6.54 Å². The van der Waals surface area contributed by atoms with Crippen LogP contribution in [0.2, 0.25) is 0 Å². The van der Waals surface area contributed by atoms with E-state index >= 15 is 0 Å². The molecule has 1 heterocycles. The van der Waals surface area contributed by atoms with Gasteiger partial charge in [0.2, 0.25) is 0 Å². The first-order valence-corrected chi connectivity index (χ1v) is 9.73. The lowest BCUT2D eigenvalue weighted by Gasteiger charge is -2.35. The van der Waals surface area contributed by atoms with Crippen LogP contribution in [0.25, 0.3) is 10.4 Å². The molecule has 0 N–H and O–H groups in total. The summed E-state index contributed by atoms with van der Waals surface area (Å²) in [5.74, 6) is 0.930. The topological polar surface area (TPSA) is 64.4 Å². The van der Waals surface area contributed by atoms with Crippen molar-refractivity contribution in [3.05, 3.63) is 118 Å². The normalized spacial score (nSPS) is 20.8. The summed E-state index contributed by atoms with van der Waals surface area (Å²) < 4.78 is 0. The van der Waals surface area contributed by atoms with Gasteiger partial charge >= 0.3 is 0 Å². The molecule has 0 spiro atoms. The first kappa shape index (κ1) is 18.8. The van der Waals surface area contributed by atoms with Gasteiger partial charge in [0.05, 0.1) is 18.1 Å². The molecule has 0 aliphatic carbocycles. The van der Waals surface area contributed by atoms with E-state index in [0.717, 1.165) is 23.5 Å². The van der Waals surface area contributed by atoms with Crippen LogP contribution >= 0.6 is 0 Å². The second kappa shape index (κ2) is 8.21. The number of hydrogen-bond acceptors (Lipinski definition) is 3. The zero-order valence-electron chi connectivity index (χ0n) is 16.4. The SMILES string of the molecule is CC1(CN=[N+]=[N-])N=C(c2ccccc2)N(Cc2ccccc2)C1c1ccccc1. The van der Waals surface area contributed by atoms with Crippen molar-refractivity contribution >= 4 is 5.84 Å². The maximum absolute atomic E-state index is 8.98. The molecule has 5 heteroatoms. The minimum absolute atomic E-state index is 0.0374. The molecule has 0 bridgehead atoms. The van der Waals surface area contributed by atoms with E-state index in [4.69, 9.17) is 10.5 Å². The molecule has 3 aromatic carbocycles. The maximum atomic E-state index is 8.98. The van der Waals surface area contributed by atoms with Crippen LogP contribution in [-0.2, 0) is 6.54 Å². The van der Waals surface area contributed by atoms with Crippen LogP contribution in [0.3, 0.4) is 0 Å². The fourth-order valence-corrected chi connectivity index (χ4v) is 4.06.